The number of phenols is 1. The molecule has 0 aliphatic carbocycles. The minimum Gasteiger partial charge on any atom is -0.507 e. The van der Waals surface area contributed by atoms with E-state index in [9.17, 15) is 34.2 Å². The summed E-state index contributed by atoms with van der Waals surface area (Å²) in [5.41, 5.74) is -0.710. The number of benzene rings is 3. The summed E-state index contributed by atoms with van der Waals surface area (Å²) in [5.74, 6) is -5.67. The molecule has 190 valence electrons. The fraction of sp³-hybridized carbons (Fsp3) is 0.0800. The summed E-state index contributed by atoms with van der Waals surface area (Å²) in [6.07, 6.45) is 0. The number of anilines is 2. The molecule has 0 spiro atoms. The number of nitrogens with one attached hydrogen (secondary N) is 2. The van der Waals surface area contributed by atoms with Crippen molar-refractivity contribution in [1.82, 2.24) is 0 Å². The summed E-state index contributed by atoms with van der Waals surface area (Å²) in [5, 5.41) is 41.6. The number of aromatic hydroxyl groups is 1. The van der Waals surface area contributed by atoms with Crippen molar-refractivity contribution in [2.24, 2.45) is 0 Å². The van der Waals surface area contributed by atoms with E-state index in [1.807, 2.05) is 0 Å². The molecule has 0 fully saturated rings. The fourth-order valence-electron chi connectivity index (χ4n) is 3.15. The van der Waals surface area contributed by atoms with Gasteiger partial charge in [0.25, 0.3) is 5.91 Å². The van der Waals surface area contributed by atoms with Crippen molar-refractivity contribution in [3.63, 3.8) is 0 Å². The van der Waals surface area contributed by atoms with Gasteiger partial charge in [0.1, 0.15) is 11.3 Å². The molecule has 3 aromatic carbocycles. The smallest absolute Gasteiger partial charge is 0.339 e. The predicted octanol–water partition coefficient (Wildman–Crippen LogP) is 3.86. The van der Waals surface area contributed by atoms with Crippen molar-refractivity contribution in [2.75, 3.05) is 10.6 Å². The maximum atomic E-state index is 12.6. The third kappa shape index (κ3) is 6.64. The first-order valence-corrected chi connectivity index (χ1v) is 11.4. The third-order valence-electron chi connectivity index (χ3n) is 5.03. The van der Waals surface area contributed by atoms with E-state index in [0.717, 1.165) is 24.3 Å². The number of hydrogen-bond donors (Lipinski definition) is 6. The molecule has 0 radical (unpaired) electrons. The SMILES string of the molecule is CC(Sc1ccc(NC(=O)c2ccc(C(=O)O)cc2C(=O)O)cc1)C(=O)Nc1ccc(O)c(C(=O)O)c1. The van der Waals surface area contributed by atoms with Crippen molar-refractivity contribution in [3.05, 3.63) is 82.9 Å². The van der Waals surface area contributed by atoms with Crippen LogP contribution in [0.4, 0.5) is 11.4 Å². The van der Waals surface area contributed by atoms with Crippen LogP contribution in [-0.2, 0) is 4.79 Å². The van der Waals surface area contributed by atoms with Crippen molar-refractivity contribution in [2.45, 2.75) is 17.1 Å². The lowest BCUT2D eigenvalue weighted by molar-refractivity contribution is -0.115. The second-order valence-electron chi connectivity index (χ2n) is 7.64. The van der Waals surface area contributed by atoms with Gasteiger partial charge in [-0.2, -0.15) is 0 Å². The van der Waals surface area contributed by atoms with Crippen LogP contribution < -0.4 is 10.6 Å². The van der Waals surface area contributed by atoms with Crippen molar-refractivity contribution in [3.8, 4) is 5.75 Å². The van der Waals surface area contributed by atoms with Crippen LogP contribution in [0.15, 0.2) is 65.6 Å². The number of hydrogen-bond acceptors (Lipinski definition) is 7. The number of thioether (sulfide) groups is 1. The van der Waals surface area contributed by atoms with Gasteiger partial charge in [-0.05, 0) is 67.6 Å². The first-order valence-electron chi connectivity index (χ1n) is 10.5. The van der Waals surface area contributed by atoms with E-state index in [0.29, 0.717) is 10.6 Å². The zero-order chi connectivity index (χ0) is 27.3. The summed E-state index contributed by atoms with van der Waals surface area (Å²) in [4.78, 5) is 59.5. The van der Waals surface area contributed by atoms with E-state index < -0.39 is 46.3 Å². The van der Waals surface area contributed by atoms with Gasteiger partial charge in [-0.3, -0.25) is 9.59 Å². The fourth-order valence-corrected chi connectivity index (χ4v) is 4.02. The summed E-state index contributed by atoms with van der Waals surface area (Å²) < 4.78 is 0. The van der Waals surface area contributed by atoms with Gasteiger partial charge in [-0.15, -0.1) is 11.8 Å². The predicted molar refractivity (Wildman–Crippen MR) is 134 cm³/mol. The normalized spacial score (nSPS) is 11.3. The van der Waals surface area contributed by atoms with E-state index in [4.69, 9.17) is 10.2 Å². The summed E-state index contributed by atoms with van der Waals surface area (Å²) in [7, 11) is 0. The second-order valence-corrected chi connectivity index (χ2v) is 9.05. The topological polar surface area (TPSA) is 190 Å². The molecule has 11 nitrogen and oxygen atoms in total. The first kappa shape index (κ1) is 26.8. The van der Waals surface area contributed by atoms with Crippen LogP contribution in [0.5, 0.6) is 5.75 Å². The van der Waals surface area contributed by atoms with Crippen LogP contribution in [0.1, 0.15) is 48.4 Å². The average molecular weight is 525 g/mol. The van der Waals surface area contributed by atoms with Gasteiger partial charge in [-0.25, -0.2) is 14.4 Å². The van der Waals surface area contributed by atoms with E-state index in [2.05, 4.69) is 10.6 Å². The molecular formula is C25H20N2O9S. The summed E-state index contributed by atoms with van der Waals surface area (Å²) in [6.45, 7) is 1.64. The minimum absolute atomic E-state index is 0.207. The van der Waals surface area contributed by atoms with Gasteiger partial charge < -0.3 is 31.1 Å². The monoisotopic (exact) mass is 524 g/mol. The highest BCUT2D eigenvalue weighted by Gasteiger charge is 2.20. The van der Waals surface area contributed by atoms with Gasteiger partial charge in [-0.1, -0.05) is 0 Å². The number of rotatable bonds is 9. The number of carbonyl (C=O) groups excluding carboxylic acids is 2. The van der Waals surface area contributed by atoms with Crippen LogP contribution in [0.2, 0.25) is 0 Å². The van der Waals surface area contributed by atoms with Crippen LogP contribution in [0, 0.1) is 0 Å². The highest BCUT2D eigenvalue weighted by molar-refractivity contribution is 8.00. The van der Waals surface area contributed by atoms with Crippen LogP contribution in [0.25, 0.3) is 0 Å². The Balaban J connectivity index is 1.65. The number of carboxylic acids is 3. The lowest BCUT2D eigenvalue weighted by atomic mass is 10.0. The average Bonchev–Trinajstić information content (AvgIpc) is 2.85. The number of amides is 2. The molecule has 12 heteroatoms. The van der Waals surface area contributed by atoms with E-state index in [1.54, 1.807) is 31.2 Å². The molecule has 6 N–H and O–H groups in total. The molecule has 37 heavy (non-hydrogen) atoms. The molecule has 3 rings (SSSR count). The zero-order valence-electron chi connectivity index (χ0n) is 19.1. The van der Waals surface area contributed by atoms with E-state index >= 15 is 0 Å². The molecule has 1 atom stereocenters. The molecule has 3 aromatic rings. The Morgan fingerprint density at radius 3 is 1.92 bits per heavy atom. The van der Waals surface area contributed by atoms with Crippen molar-refractivity contribution in [1.29, 1.82) is 0 Å². The van der Waals surface area contributed by atoms with Gasteiger partial charge >= 0.3 is 17.9 Å². The Kier molecular flexibility index (Phi) is 8.15. The van der Waals surface area contributed by atoms with Crippen LogP contribution >= 0.6 is 11.8 Å². The lowest BCUT2D eigenvalue weighted by Crippen LogP contribution is -2.22. The number of aromatic carboxylic acids is 3. The molecular weight excluding hydrogens is 504 g/mol. The summed E-state index contributed by atoms with van der Waals surface area (Å²) in [6, 6.07) is 13.2. The maximum absolute atomic E-state index is 12.6. The van der Waals surface area contributed by atoms with Crippen molar-refractivity contribution >= 4 is 52.9 Å². The molecule has 0 bridgehead atoms. The Morgan fingerprint density at radius 2 is 1.32 bits per heavy atom. The molecule has 0 heterocycles. The quantitative estimate of drug-likeness (QED) is 0.177. The summed E-state index contributed by atoms with van der Waals surface area (Å²) >= 11 is 1.20. The van der Waals surface area contributed by atoms with E-state index in [-0.39, 0.29) is 22.4 Å². The molecule has 2 amide bonds. The standard InChI is InChI=1S/C25H20N2O9S/c1-12(21(29)27-15-5-9-20(28)19(11-15)25(35)36)37-16-6-3-14(4-7-16)26-22(30)17-8-2-13(23(31)32)10-18(17)24(33)34/h2-12,28H,1H3,(H,26,30)(H,27,29)(H,31,32)(H,33,34)(H,35,36). The molecule has 1 unspecified atom stereocenters. The molecule has 0 aromatic heterocycles. The molecule has 0 saturated carbocycles. The van der Waals surface area contributed by atoms with Gasteiger partial charge in [0.2, 0.25) is 5.91 Å². The maximum Gasteiger partial charge on any atom is 0.339 e. The number of carbonyl (C=O) groups is 5. The Morgan fingerprint density at radius 1 is 0.703 bits per heavy atom. The van der Waals surface area contributed by atoms with Gasteiger partial charge in [0, 0.05) is 16.3 Å². The Labute approximate surface area is 213 Å². The third-order valence-corrected chi connectivity index (χ3v) is 6.14. The minimum atomic E-state index is -1.45. The van der Waals surface area contributed by atoms with E-state index in [1.165, 1.54) is 23.9 Å². The van der Waals surface area contributed by atoms with Crippen molar-refractivity contribution < 1.29 is 44.4 Å². The first-order chi connectivity index (χ1) is 17.5. The Hall–Kier alpha value is -4.84. The molecule has 0 aliphatic rings. The number of carboxylic acid groups (broad SMARTS) is 3. The lowest BCUT2D eigenvalue weighted by Gasteiger charge is -2.13. The second kappa shape index (κ2) is 11.3. The van der Waals surface area contributed by atoms with Crippen LogP contribution in [0.3, 0.4) is 0 Å². The van der Waals surface area contributed by atoms with Crippen LogP contribution in [-0.4, -0.2) is 55.4 Å². The van der Waals surface area contributed by atoms with Gasteiger partial charge in [0.05, 0.1) is 21.9 Å². The highest BCUT2D eigenvalue weighted by Crippen LogP contribution is 2.27. The van der Waals surface area contributed by atoms with Gasteiger partial charge in [0.15, 0.2) is 0 Å². The largest absolute Gasteiger partial charge is 0.507 e. The molecule has 0 saturated heterocycles. The Bertz CT molecular complexity index is 1400. The molecule has 0 aliphatic heterocycles. The highest BCUT2D eigenvalue weighted by atomic mass is 32.2. The zero-order valence-corrected chi connectivity index (χ0v) is 19.9.